The first-order valence-electron chi connectivity index (χ1n) is 10.2. The maximum absolute atomic E-state index is 6.50. The molecular formula is C24H29NO2. The number of nitrogens with zero attached hydrogens (tertiary/aromatic N) is 1. The molecule has 2 aromatic carbocycles. The summed E-state index contributed by atoms with van der Waals surface area (Å²) in [5.41, 5.74) is 3.69. The van der Waals surface area contributed by atoms with Gasteiger partial charge in [-0.2, -0.15) is 0 Å². The van der Waals surface area contributed by atoms with Crippen LogP contribution in [-0.4, -0.2) is 37.2 Å². The number of likely N-dealkylation sites (tertiary alicyclic amines) is 1. The second-order valence-electron chi connectivity index (χ2n) is 7.42. The molecule has 2 aliphatic rings. The summed E-state index contributed by atoms with van der Waals surface area (Å²) in [5, 5.41) is 0. The largest absolute Gasteiger partial charge is 0.493 e. The van der Waals surface area contributed by atoms with Crippen molar-refractivity contribution in [1.29, 1.82) is 0 Å². The number of fused-ring (bicyclic) bond motifs is 1. The van der Waals surface area contributed by atoms with Crippen molar-refractivity contribution >= 4 is 5.76 Å². The summed E-state index contributed by atoms with van der Waals surface area (Å²) in [4.78, 5) is 2.56. The molecule has 0 aromatic heterocycles. The zero-order valence-electron chi connectivity index (χ0n) is 16.2. The normalized spacial score (nSPS) is 20.1. The molecule has 2 heterocycles. The van der Waals surface area contributed by atoms with E-state index < -0.39 is 0 Å². The molecule has 4 rings (SSSR count). The summed E-state index contributed by atoms with van der Waals surface area (Å²) < 4.78 is 12.7. The lowest BCUT2D eigenvalue weighted by atomic mass is 9.93. The van der Waals surface area contributed by atoms with Crippen molar-refractivity contribution in [1.82, 2.24) is 4.90 Å². The van der Waals surface area contributed by atoms with Crippen LogP contribution in [0.2, 0.25) is 0 Å². The fourth-order valence-corrected chi connectivity index (χ4v) is 4.14. The number of piperidine rings is 1. The van der Waals surface area contributed by atoms with E-state index in [9.17, 15) is 0 Å². The summed E-state index contributed by atoms with van der Waals surface area (Å²) in [6.45, 7) is 6.01. The molecule has 3 nitrogen and oxygen atoms in total. The predicted molar refractivity (Wildman–Crippen MR) is 110 cm³/mol. The molecule has 1 fully saturated rings. The minimum Gasteiger partial charge on any atom is -0.493 e. The topological polar surface area (TPSA) is 21.7 Å². The van der Waals surface area contributed by atoms with Gasteiger partial charge in [-0.15, -0.1) is 0 Å². The Labute approximate surface area is 162 Å². The van der Waals surface area contributed by atoms with E-state index in [2.05, 4.69) is 60.4 Å². The summed E-state index contributed by atoms with van der Waals surface area (Å²) in [6, 6.07) is 18.9. The van der Waals surface area contributed by atoms with Crippen LogP contribution in [0.15, 0.2) is 60.2 Å². The van der Waals surface area contributed by atoms with Gasteiger partial charge in [0.2, 0.25) is 0 Å². The highest BCUT2D eigenvalue weighted by Gasteiger charge is 2.31. The maximum atomic E-state index is 6.50. The van der Waals surface area contributed by atoms with Gasteiger partial charge in [-0.05, 0) is 50.6 Å². The van der Waals surface area contributed by atoms with Gasteiger partial charge in [-0.25, -0.2) is 0 Å². The molecule has 2 aromatic rings. The van der Waals surface area contributed by atoms with Crippen molar-refractivity contribution in [2.75, 3.05) is 26.2 Å². The molecule has 0 spiro atoms. The van der Waals surface area contributed by atoms with E-state index in [1.165, 1.54) is 43.5 Å². The van der Waals surface area contributed by atoms with Gasteiger partial charge in [0.25, 0.3) is 0 Å². The first-order chi connectivity index (χ1) is 13.3. The van der Waals surface area contributed by atoms with Gasteiger partial charge in [-0.3, -0.25) is 4.90 Å². The Hall–Kier alpha value is -2.26. The Morgan fingerprint density at radius 2 is 1.70 bits per heavy atom. The van der Waals surface area contributed by atoms with Crippen LogP contribution in [0.3, 0.4) is 0 Å². The molecule has 2 aliphatic heterocycles. The van der Waals surface area contributed by atoms with Gasteiger partial charge in [0, 0.05) is 18.5 Å². The molecule has 142 valence electrons. The van der Waals surface area contributed by atoms with Gasteiger partial charge < -0.3 is 9.47 Å². The lowest BCUT2D eigenvalue weighted by molar-refractivity contribution is 0.181. The Morgan fingerprint density at radius 3 is 2.48 bits per heavy atom. The van der Waals surface area contributed by atoms with Crippen LogP contribution in [0.25, 0.3) is 5.76 Å². The van der Waals surface area contributed by atoms with Gasteiger partial charge in [-0.1, -0.05) is 48.9 Å². The van der Waals surface area contributed by atoms with Crippen molar-refractivity contribution in [3.05, 3.63) is 71.3 Å². The van der Waals surface area contributed by atoms with Gasteiger partial charge >= 0.3 is 0 Å². The van der Waals surface area contributed by atoms with Crippen LogP contribution in [0, 0.1) is 0 Å². The summed E-state index contributed by atoms with van der Waals surface area (Å²) in [5.74, 6) is 1.97. The molecule has 0 amide bonds. The lowest BCUT2D eigenvalue weighted by Crippen LogP contribution is -2.38. The van der Waals surface area contributed by atoms with Crippen molar-refractivity contribution in [3.63, 3.8) is 0 Å². The molecule has 1 saturated heterocycles. The fraction of sp³-hybridized carbons (Fsp3) is 0.417. The fourth-order valence-electron chi connectivity index (χ4n) is 4.14. The van der Waals surface area contributed by atoms with E-state index >= 15 is 0 Å². The smallest absolute Gasteiger partial charge is 0.134 e. The van der Waals surface area contributed by atoms with Crippen LogP contribution in [0.4, 0.5) is 0 Å². The van der Waals surface area contributed by atoms with Gasteiger partial charge in [0.15, 0.2) is 0 Å². The molecule has 0 saturated carbocycles. The van der Waals surface area contributed by atoms with E-state index in [0.29, 0.717) is 6.61 Å². The van der Waals surface area contributed by atoms with Crippen LogP contribution < -0.4 is 4.74 Å². The molecule has 27 heavy (non-hydrogen) atoms. The highest BCUT2D eigenvalue weighted by atomic mass is 16.5. The molecular weight excluding hydrogens is 334 g/mol. The van der Waals surface area contributed by atoms with Crippen molar-refractivity contribution in [2.45, 2.75) is 38.7 Å². The minimum absolute atomic E-state index is 0.0192. The van der Waals surface area contributed by atoms with E-state index in [-0.39, 0.29) is 6.10 Å². The average Bonchev–Trinajstić information content (AvgIpc) is 2.72. The lowest BCUT2D eigenvalue weighted by Gasteiger charge is -2.35. The second-order valence-corrected chi connectivity index (χ2v) is 7.42. The van der Waals surface area contributed by atoms with Gasteiger partial charge in [0.05, 0.1) is 12.2 Å². The van der Waals surface area contributed by atoms with Crippen molar-refractivity contribution in [2.24, 2.45) is 0 Å². The Morgan fingerprint density at radius 1 is 0.963 bits per heavy atom. The molecule has 0 N–H and O–H groups in total. The van der Waals surface area contributed by atoms with Crippen molar-refractivity contribution in [3.8, 4) is 5.75 Å². The summed E-state index contributed by atoms with van der Waals surface area (Å²) >= 11 is 0. The number of rotatable bonds is 6. The Balaban J connectivity index is 1.70. The zero-order valence-corrected chi connectivity index (χ0v) is 16.2. The zero-order chi connectivity index (χ0) is 18.5. The number of hydrogen-bond donors (Lipinski definition) is 0. The molecule has 0 aliphatic carbocycles. The maximum Gasteiger partial charge on any atom is 0.134 e. The predicted octanol–water partition coefficient (Wildman–Crippen LogP) is 4.92. The standard InChI is InChI=1S/C24H29NO2/c1-2-26-24-20-13-7-8-14-22(20)27-23(17-19-11-5-3-6-12-19)21(24)18-25-15-9-4-10-16-25/h3,5-8,11-14,23H,2,4,9-10,15-18H2,1H3/t23-/m0/s1. The average molecular weight is 364 g/mol. The van der Waals surface area contributed by atoms with Crippen LogP contribution in [0.1, 0.15) is 37.3 Å². The van der Waals surface area contributed by atoms with Crippen molar-refractivity contribution < 1.29 is 9.47 Å². The SMILES string of the molecule is CCOC1=C(CN2CCCCC2)[C@H](Cc2ccccc2)Oc2ccccc21. The highest BCUT2D eigenvalue weighted by Crippen LogP contribution is 2.38. The third-order valence-corrected chi connectivity index (χ3v) is 5.48. The summed E-state index contributed by atoms with van der Waals surface area (Å²) in [7, 11) is 0. The quantitative estimate of drug-likeness (QED) is 0.727. The van der Waals surface area contributed by atoms with E-state index in [0.717, 1.165) is 30.0 Å². The Bertz CT molecular complexity index is 778. The highest BCUT2D eigenvalue weighted by molar-refractivity contribution is 5.71. The third-order valence-electron chi connectivity index (χ3n) is 5.48. The number of hydrogen-bond acceptors (Lipinski definition) is 3. The van der Waals surface area contributed by atoms with Gasteiger partial charge in [0.1, 0.15) is 17.6 Å². The first-order valence-corrected chi connectivity index (χ1v) is 10.2. The second kappa shape index (κ2) is 8.62. The third kappa shape index (κ3) is 4.19. The minimum atomic E-state index is 0.0192. The first kappa shape index (κ1) is 18.1. The molecule has 0 unspecified atom stereocenters. The molecule has 0 radical (unpaired) electrons. The monoisotopic (exact) mass is 363 g/mol. The van der Waals surface area contributed by atoms with Crippen LogP contribution in [0.5, 0.6) is 5.75 Å². The van der Waals surface area contributed by atoms with E-state index in [4.69, 9.17) is 9.47 Å². The number of para-hydroxylation sites is 1. The summed E-state index contributed by atoms with van der Waals surface area (Å²) in [6.07, 6.45) is 4.82. The number of ether oxygens (including phenoxy) is 2. The molecule has 3 heteroatoms. The molecule has 0 bridgehead atoms. The van der Waals surface area contributed by atoms with Crippen LogP contribution >= 0.6 is 0 Å². The molecule has 1 atom stereocenters. The van der Waals surface area contributed by atoms with Crippen LogP contribution in [-0.2, 0) is 11.2 Å². The Kier molecular flexibility index (Phi) is 5.78. The number of benzene rings is 2. The van der Waals surface area contributed by atoms with E-state index in [1.54, 1.807) is 0 Å². The van der Waals surface area contributed by atoms with E-state index in [1.807, 2.05) is 6.07 Å².